The number of carbonyl (C=O) groups is 1. The molecule has 174 valence electrons. The van der Waals surface area contributed by atoms with Gasteiger partial charge in [0.1, 0.15) is 23.5 Å². The maximum absolute atomic E-state index is 12.3. The van der Waals surface area contributed by atoms with Crippen molar-refractivity contribution in [2.24, 2.45) is 0 Å². The summed E-state index contributed by atoms with van der Waals surface area (Å²) in [5.41, 5.74) is 11.3. The average Bonchev–Trinajstić information content (AvgIpc) is 2.74. The molecule has 0 aliphatic carbocycles. The number of ether oxygens (including phenoxy) is 2. The molecule has 0 radical (unpaired) electrons. The van der Waals surface area contributed by atoms with E-state index in [2.05, 4.69) is 30.9 Å². The number of halogens is 5. The first-order chi connectivity index (χ1) is 15.6. The van der Waals surface area contributed by atoms with Crippen molar-refractivity contribution in [3.05, 3.63) is 58.8 Å². The Morgan fingerprint density at radius 1 is 1.06 bits per heavy atom. The number of alkyl halides is 3. The molecule has 1 aromatic heterocycles. The molecule has 0 saturated carbocycles. The average molecular weight is 503 g/mol. The van der Waals surface area contributed by atoms with Gasteiger partial charge in [-0.25, -0.2) is 9.97 Å². The first-order valence-electron chi connectivity index (χ1n) is 8.97. The third-order valence-electron chi connectivity index (χ3n) is 3.81. The van der Waals surface area contributed by atoms with Gasteiger partial charge in [-0.15, -0.1) is 13.2 Å². The highest BCUT2D eigenvalue weighted by Gasteiger charge is 2.30. The number of hydrogen-bond donors (Lipinski definition) is 4. The van der Waals surface area contributed by atoms with Gasteiger partial charge in [0.25, 0.3) is 5.91 Å². The molecule has 9 nitrogen and oxygen atoms in total. The normalized spacial score (nSPS) is 10.9. The zero-order chi connectivity index (χ0) is 24.0. The smallest absolute Gasteiger partial charge is 0.482 e. The lowest BCUT2D eigenvalue weighted by molar-refractivity contribution is -0.274. The Kier molecular flexibility index (Phi) is 7.51. The number of amides is 1. The van der Waals surface area contributed by atoms with Gasteiger partial charge in [0.05, 0.1) is 5.02 Å². The van der Waals surface area contributed by atoms with Crippen molar-refractivity contribution in [3.8, 4) is 11.5 Å². The molecule has 0 spiro atoms. The van der Waals surface area contributed by atoms with Crippen molar-refractivity contribution in [2.45, 2.75) is 6.36 Å². The Morgan fingerprint density at radius 2 is 1.76 bits per heavy atom. The fourth-order valence-corrected chi connectivity index (χ4v) is 2.84. The summed E-state index contributed by atoms with van der Waals surface area (Å²) >= 11 is 11.8. The second kappa shape index (κ2) is 10.3. The van der Waals surface area contributed by atoms with Crippen LogP contribution in [0.2, 0.25) is 10.0 Å². The molecular formula is C19H15Cl2F3N6O3. The van der Waals surface area contributed by atoms with E-state index in [1.54, 1.807) is 6.07 Å². The molecule has 33 heavy (non-hydrogen) atoms. The first kappa shape index (κ1) is 24.0. The van der Waals surface area contributed by atoms with Crippen LogP contribution in [0.5, 0.6) is 11.5 Å². The fourth-order valence-electron chi connectivity index (χ4n) is 2.37. The van der Waals surface area contributed by atoms with Gasteiger partial charge in [-0.2, -0.15) is 0 Å². The first-order valence-corrected chi connectivity index (χ1v) is 9.72. The molecule has 0 bridgehead atoms. The predicted molar refractivity (Wildman–Crippen MR) is 117 cm³/mol. The molecule has 1 heterocycles. The Bertz CT molecular complexity index is 1130. The number of hydrogen-bond acceptors (Lipinski definition) is 8. The van der Waals surface area contributed by atoms with E-state index in [4.69, 9.17) is 33.7 Å². The van der Waals surface area contributed by atoms with Crippen LogP contribution in [0.15, 0.2) is 48.8 Å². The quantitative estimate of drug-likeness (QED) is 0.331. The lowest BCUT2D eigenvalue weighted by atomic mass is 10.3. The van der Waals surface area contributed by atoms with E-state index in [9.17, 15) is 18.0 Å². The van der Waals surface area contributed by atoms with Crippen LogP contribution >= 0.6 is 23.2 Å². The van der Waals surface area contributed by atoms with Crippen LogP contribution < -0.4 is 31.4 Å². The van der Waals surface area contributed by atoms with E-state index in [1.165, 1.54) is 24.3 Å². The number of nitrogens with two attached hydrogens (primary N) is 1. The van der Waals surface area contributed by atoms with E-state index in [0.717, 1.165) is 18.5 Å². The molecule has 3 aromatic rings. The van der Waals surface area contributed by atoms with Gasteiger partial charge < -0.3 is 20.5 Å². The molecule has 14 heteroatoms. The summed E-state index contributed by atoms with van der Waals surface area (Å²) < 4.78 is 45.9. The number of nitrogens with one attached hydrogen (secondary N) is 3. The number of benzene rings is 2. The number of anilines is 4. The minimum absolute atomic E-state index is 0.0371. The molecule has 5 N–H and O–H groups in total. The molecule has 1 amide bonds. The van der Waals surface area contributed by atoms with Crippen molar-refractivity contribution in [1.82, 2.24) is 15.4 Å². The highest BCUT2D eigenvalue weighted by molar-refractivity contribution is 6.35. The molecular weight excluding hydrogens is 488 g/mol. The molecule has 0 fully saturated rings. The summed E-state index contributed by atoms with van der Waals surface area (Å²) in [7, 11) is 0. The van der Waals surface area contributed by atoms with Gasteiger partial charge in [0.2, 0.25) is 0 Å². The Balaban J connectivity index is 1.56. The van der Waals surface area contributed by atoms with Gasteiger partial charge in [0.15, 0.2) is 18.2 Å². The highest BCUT2D eigenvalue weighted by Crippen LogP contribution is 2.29. The van der Waals surface area contributed by atoms with E-state index in [1.807, 2.05) is 0 Å². The van der Waals surface area contributed by atoms with Crippen molar-refractivity contribution in [3.63, 3.8) is 0 Å². The Hall–Kier alpha value is -3.64. The van der Waals surface area contributed by atoms with E-state index >= 15 is 0 Å². The van der Waals surface area contributed by atoms with Crippen molar-refractivity contribution in [1.29, 1.82) is 0 Å². The summed E-state index contributed by atoms with van der Waals surface area (Å²) in [6.45, 7) is -0.364. The van der Waals surface area contributed by atoms with Crippen LogP contribution in [0.25, 0.3) is 0 Å². The maximum Gasteiger partial charge on any atom is 0.573 e. The predicted octanol–water partition coefficient (Wildman–Crippen LogP) is 4.53. The number of rotatable bonds is 8. The number of nitrogen functional groups attached to an aromatic ring is 1. The minimum Gasteiger partial charge on any atom is -0.482 e. The molecule has 2 aromatic carbocycles. The Morgan fingerprint density at radius 3 is 2.42 bits per heavy atom. The second-order valence-electron chi connectivity index (χ2n) is 6.22. The summed E-state index contributed by atoms with van der Waals surface area (Å²) in [6.07, 6.45) is -3.62. The minimum atomic E-state index is -4.79. The van der Waals surface area contributed by atoms with Crippen LogP contribution in [0, 0.1) is 0 Å². The van der Waals surface area contributed by atoms with Gasteiger partial charge in [-0.1, -0.05) is 23.2 Å². The number of nitrogens with zero attached hydrogens (tertiary/aromatic N) is 2. The van der Waals surface area contributed by atoms with Gasteiger partial charge in [-0.05, 0) is 42.5 Å². The fraction of sp³-hybridized carbons (Fsp3) is 0.105. The lowest BCUT2D eigenvalue weighted by Gasteiger charge is -2.14. The third kappa shape index (κ3) is 7.19. The molecule has 0 saturated heterocycles. The summed E-state index contributed by atoms with van der Waals surface area (Å²) in [6, 6.07) is 9.49. The molecule has 0 aliphatic heterocycles. The SMILES string of the molecule is Nc1c(NNC(=O)COc2ccc(Cl)cc2Cl)ncnc1Nc1ccc(OC(F)(F)F)cc1. The summed E-state index contributed by atoms with van der Waals surface area (Å²) in [5.74, 6) is -0.446. The van der Waals surface area contributed by atoms with E-state index < -0.39 is 12.3 Å². The Labute approximate surface area is 195 Å². The summed E-state index contributed by atoms with van der Waals surface area (Å²) in [4.78, 5) is 19.9. The van der Waals surface area contributed by atoms with Gasteiger partial charge >= 0.3 is 6.36 Å². The topological polar surface area (TPSA) is 123 Å². The van der Waals surface area contributed by atoms with Crippen LogP contribution in [-0.2, 0) is 4.79 Å². The highest BCUT2D eigenvalue weighted by atomic mass is 35.5. The van der Waals surface area contributed by atoms with Crippen molar-refractivity contribution >= 4 is 52.1 Å². The lowest BCUT2D eigenvalue weighted by Crippen LogP contribution is -2.34. The van der Waals surface area contributed by atoms with E-state index in [0.29, 0.717) is 10.7 Å². The van der Waals surface area contributed by atoms with Gasteiger partial charge in [0, 0.05) is 10.7 Å². The number of carbonyl (C=O) groups excluding carboxylic acids is 1. The van der Waals surface area contributed by atoms with Crippen LogP contribution in [0.4, 0.5) is 36.2 Å². The largest absolute Gasteiger partial charge is 0.573 e. The second-order valence-corrected chi connectivity index (χ2v) is 7.06. The number of aromatic nitrogens is 2. The number of hydrazine groups is 1. The molecule has 0 atom stereocenters. The maximum atomic E-state index is 12.3. The standard InChI is InChI=1S/C19H15Cl2F3N6O3/c20-10-1-6-14(13(21)7-10)32-8-15(31)29-30-18-16(25)17(26-9-27-18)28-11-2-4-12(5-3-11)33-19(22,23)24/h1-7,9H,8,25H2,(H,29,31)(H2,26,27,28,30). The van der Waals surface area contributed by atoms with Crippen molar-refractivity contribution in [2.75, 3.05) is 23.1 Å². The van der Waals surface area contributed by atoms with Gasteiger partial charge in [-0.3, -0.25) is 15.6 Å². The van der Waals surface area contributed by atoms with Crippen molar-refractivity contribution < 1.29 is 27.4 Å². The zero-order valence-electron chi connectivity index (χ0n) is 16.4. The molecule has 0 aliphatic rings. The zero-order valence-corrected chi connectivity index (χ0v) is 17.9. The monoisotopic (exact) mass is 502 g/mol. The molecule has 0 unspecified atom stereocenters. The van der Waals surface area contributed by atoms with Crippen LogP contribution in [0.3, 0.4) is 0 Å². The van der Waals surface area contributed by atoms with E-state index in [-0.39, 0.29) is 40.5 Å². The van der Waals surface area contributed by atoms with Crippen LogP contribution in [-0.4, -0.2) is 28.8 Å². The van der Waals surface area contributed by atoms with Crippen LogP contribution in [0.1, 0.15) is 0 Å². The molecule has 3 rings (SSSR count). The third-order valence-corrected chi connectivity index (χ3v) is 4.34. The summed E-state index contributed by atoms with van der Waals surface area (Å²) in [5, 5.41) is 3.50.